The van der Waals surface area contributed by atoms with Crippen molar-refractivity contribution in [3.8, 4) is 11.1 Å². The minimum Gasteiger partial charge on any atom is -0.427 e. The molecule has 1 aliphatic carbocycles. The van der Waals surface area contributed by atoms with Crippen LogP contribution in [-0.2, 0) is 16.0 Å². The van der Waals surface area contributed by atoms with Gasteiger partial charge in [0.25, 0.3) is 0 Å². The Balaban J connectivity index is 0.00000107. The van der Waals surface area contributed by atoms with Crippen molar-refractivity contribution in [2.45, 2.75) is 57.3 Å². The van der Waals surface area contributed by atoms with Gasteiger partial charge in [0, 0.05) is 11.1 Å². The van der Waals surface area contributed by atoms with Crippen LogP contribution in [0.4, 0.5) is 0 Å². The number of carbonyl (C=O) groups excluding carboxylic acids is 2. The fourth-order valence-corrected chi connectivity index (χ4v) is 4.36. The van der Waals surface area contributed by atoms with Gasteiger partial charge in [-0.05, 0) is 79.1 Å². The lowest BCUT2D eigenvalue weighted by Crippen LogP contribution is -2.39. The van der Waals surface area contributed by atoms with Crippen molar-refractivity contribution in [1.82, 2.24) is 0 Å². The molecule has 7 heteroatoms. The van der Waals surface area contributed by atoms with Gasteiger partial charge in [-0.25, -0.2) is 0 Å². The van der Waals surface area contributed by atoms with E-state index in [4.69, 9.17) is 37.0 Å². The summed E-state index contributed by atoms with van der Waals surface area (Å²) < 4.78 is 0. The van der Waals surface area contributed by atoms with Gasteiger partial charge < -0.3 is 15.8 Å². The molecule has 1 unspecified atom stereocenters. The van der Waals surface area contributed by atoms with E-state index >= 15 is 0 Å². The highest BCUT2D eigenvalue weighted by Gasteiger charge is 2.32. The Bertz CT molecular complexity index is 819. The third-order valence-electron chi connectivity index (χ3n) is 6.07. The Morgan fingerprint density at radius 1 is 1.06 bits per heavy atom. The van der Waals surface area contributed by atoms with Crippen LogP contribution in [0.5, 0.6) is 0 Å². The molecule has 0 radical (unpaired) electrons. The molecule has 3 rings (SSSR count). The van der Waals surface area contributed by atoms with Gasteiger partial charge in [-0.3, -0.25) is 0 Å². The van der Waals surface area contributed by atoms with Gasteiger partial charge in [-0.15, -0.1) is 0 Å². The van der Waals surface area contributed by atoms with E-state index in [9.17, 15) is 0 Å². The molecule has 1 saturated carbocycles. The number of rotatable bonds is 10. The topological polar surface area (TPSA) is 101 Å². The average molecular weight is 444 g/mol. The molecule has 0 aromatic heterocycles. The third-order valence-corrected chi connectivity index (χ3v) is 6.33. The molecule has 2 aromatic rings. The highest BCUT2D eigenvalue weighted by atomic mass is 35.5. The van der Waals surface area contributed by atoms with E-state index in [0.717, 1.165) is 36.6 Å². The molecule has 0 spiro atoms. The van der Waals surface area contributed by atoms with Gasteiger partial charge in [0.15, 0.2) is 0 Å². The molecular formula is C24H31BClNO4. The quantitative estimate of drug-likeness (QED) is 0.374. The van der Waals surface area contributed by atoms with Crippen LogP contribution in [0.25, 0.3) is 11.1 Å². The van der Waals surface area contributed by atoms with Crippen LogP contribution in [0.2, 0.25) is 11.3 Å². The zero-order valence-corrected chi connectivity index (χ0v) is 18.5. The minimum atomic E-state index is -1.18. The maximum Gasteiger partial charge on any atom is 0.451 e. The average Bonchev–Trinajstić information content (AvgIpc) is 2.71. The van der Waals surface area contributed by atoms with Crippen molar-refractivity contribution in [2.24, 2.45) is 17.6 Å². The first kappa shape index (κ1) is 25.3. The van der Waals surface area contributed by atoms with E-state index in [0.29, 0.717) is 12.2 Å². The first-order valence-electron chi connectivity index (χ1n) is 10.9. The van der Waals surface area contributed by atoms with Crippen molar-refractivity contribution >= 4 is 24.9 Å². The second kappa shape index (κ2) is 13.5. The number of aryl methyl sites for hydroxylation is 1. The monoisotopic (exact) mass is 443 g/mol. The largest absolute Gasteiger partial charge is 0.451 e. The highest BCUT2D eigenvalue weighted by Crippen LogP contribution is 2.39. The SMILES string of the molecule is NC(CCCCB(O)O)C1CC(CCc2cccc(-c3ccc(Cl)cc3)c2)C1.O=C=O. The van der Waals surface area contributed by atoms with Crippen molar-refractivity contribution in [2.75, 3.05) is 0 Å². The van der Waals surface area contributed by atoms with Gasteiger partial charge >= 0.3 is 13.3 Å². The van der Waals surface area contributed by atoms with Crippen LogP contribution in [0.1, 0.15) is 44.1 Å². The van der Waals surface area contributed by atoms with E-state index < -0.39 is 7.12 Å². The first-order chi connectivity index (χ1) is 14.9. The molecule has 0 aliphatic heterocycles. The normalized spacial score (nSPS) is 18.2. The van der Waals surface area contributed by atoms with Crippen LogP contribution >= 0.6 is 11.6 Å². The number of hydrogen-bond donors (Lipinski definition) is 3. The van der Waals surface area contributed by atoms with Crippen LogP contribution in [0.15, 0.2) is 48.5 Å². The zero-order valence-electron chi connectivity index (χ0n) is 17.8. The van der Waals surface area contributed by atoms with E-state index in [2.05, 4.69) is 36.4 Å². The molecule has 1 atom stereocenters. The summed E-state index contributed by atoms with van der Waals surface area (Å²) in [7, 11) is -1.18. The number of hydrogen-bond acceptors (Lipinski definition) is 5. The molecule has 0 saturated heterocycles. The van der Waals surface area contributed by atoms with Crippen molar-refractivity contribution in [1.29, 1.82) is 0 Å². The van der Waals surface area contributed by atoms with Crippen molar-refractivity contribution in [3.05, 3.63) is 59.1 Å². The molecule has 1 fully saturated rings. The number of halogens is 1. The van der Waals surface area contributed by atoms with Crippen LogP contribution in [0.3, 0.4) is 0 Å². The third kappa shape index (κ3) is 8.98. The Morgan fingerprint density at radius 2 is 1.74 bits per heavy atom. The second-order valence-electron chi connectivity index (χ2n) is 8.36. The van der Waals surface area contributed by atoms with Crippen LogP contribution in [0, 0.1) is 11.8 Å². The lowest BCUT2D eigenvalue weighted by molar-refractivity contribution is -0.191. The molecule has 2 aromatic carbocycles. The van der Waals surface area contributed by atoms with E-state index in [1.165, 1.54) is 36.0 Å². The molecule has 0 bridgehead atoms. The fourth-order valence-electron chi connectivity index (χ4n) is 4.23. The van der Waals surface area contributed by atoms with Crippen molar-refractivity contribution in [3.63, 3.8) is 0 Å². The molecule has 166 valence electrons. The zero-order chi connectivity index (χ0) is 22.6. The fraction of sp³-hybridized carbons (Fsp3) is 0.458. The van der Waals surface area contributed by atoms with Gasteiger partial charge in [0.2, 0.25) is 0 Å². The minimum absolute atomic E-state index is 0.250. The molecule has 4 N–H and O–H groups in total. The first-order valence-corrected chi connectivity index (χ1v) is 11.3. The smallest absolute Gasteiger partial charge is 0.427 e. The number of unbranched alkanes of at least 4 members (excludes halogenated alkanes) is 1. The summed E-state index contributed by atoms with van der Waals surface area (Å²) in [5.41, 5.74) is 10.2. The number of nitrogens with two attached hydrogens (primary N) is 1. The summed E-state index contributed by atoms with van der Waals surface area (Å²) in [5.74, 6) is 1.43. The van der Waals surface area contributed by atoms with E-state index in [1.807, 2.05) is 12.1 Å². The van der Waals surface area contributed by atoms with Crippen molar-refractivity contribution < 1.29 is 19.6 Å². The molecular weight excluding hydrogens is 413 g/mol. The van der Waals surface area contributed by atoms with E-state index in [1.54, 1.807) is 0 Å². The van der Waals surface area contributed by atoms with Gasteiger partial charge in [0.1, 0.15) is 0 Å². The molecule has 1 aliphatic rings. The summed E-state index contributed by atoms with van der Waals surface area (Å²) >= 11 is 5.99. The Labute approximate surface area is 189 Å². The second-order valence-corrected chi connectivity index (χ2v) is 8.79. The predicted octanol–water partition coefficient (Wildman–Crippen LogP) is 4.35. The van der Waals surface area contributed by atoms with Crippen LogP contribution in [-0.4, -0.2) is 29.4 Å². The maximum atomic E-state index is 8.88. The van der Waals surface area contributed by atoms with Gasteiger partial charge in [0.05, 0.1) is 0 Å². The van der Waals surface area contributed by atoms with E-state index in [-0.39, 0.29) is 12.2 Å². The molecule has 0 heterocycles. The summed E-state index contributed by atoms with van der Waals surface area (Å²) in [5, 5.41) is 18.5. The van der Waals surface area contributed by atoms with Gasteiger partial charge in [-0.1, -0.05) is 60.8 Å². The summed E-state index contributed by atoms with van der Waals surface area (Å²) in [6.07, 6.45) is 8.33. The molecule has 0 amide bonds. The van der Waals surface area contributed by atoms with Crippen LogP contribution < -0.4 is 5.73 Å². The predicted molar refractivity (Wildman–Crippen MR) is 123 cm³/mol. The molecule has 5 nitrogen and oxygen atoms in total. The van der Waals surface area contributed by atoms with Gasteiger partial charge in [-0.2, -0.15) is 9.59 Å². The molecule has 31 heavy (non-hydrogen) atoms. The lowest BCUT2D eigenvalue weighted by atomic mass is 9.68. The summed E-state index contributed by atoms with van der Waals surface area (Å²) in [4.78, 5) is 16.2. The Kier molecular flexibility index (Phi) is 11.0. The highest BCUT2D eigenvalue weighted by molar-refractivity contribution is 6.40. The Morgan fingerprint density at radius 3 is 2.39 bits per heavy atom. The Hall–Kier alpha value is -1.95. The standard InChI is InChI=1S/C23H31BClNO2.CO2/c25-22-11-9-19(10-12-22)20-5-3-4-17(14-20)7-8-18-15-21(16-18)23(26)6-1-2-13-24(27)28;2-1-3/h3-5,9-12,14,18,21,23,27-28H,1-2,6-8,13,15-16,26H2;. The number of benzene rings is 2. The summed E-state index contributed by atoms with van der Waals surface area (Å²) in [6, 6.07) is 17.1. The summed E-state index contributed by atoms with van der Waals surface area (Å²) in [6.45, 7) is 0. The lowest BCUT2D eigenvalue weighted by Gasteiger charge is -2.39. The maximum absolute atomic E-state index is 8.88.